The summed E-state index contributed by atoms with van der Waals surface area (Å²) in [5, 5.41) is 0. The molecule has 0 atom stereocenters. The van der Waals surface area contributed by atoms with Crippen LogP contribution in [0.2, 0.25) is 0 Å². The van der Waals surface area contributed by atoms with E-state index >= 15 is 0 Å². The van der Waals surface area contributed by atoms with E-state index in [2.05, 4.69) is 15.0 Å². The summed E-state index contributed by atoms with van der Waals surface area (Å²) in [6.07, 6.45) is 2.39. The molecule has 0 unspecified atom stereocenters. The summed E-state index contributed by atoms with van der Waals surface area (Å²) < 4.78 is 0. The number of pyridine rings is 1. The van der Waals surface area contributed by atoms with Gasteiger partial charge in [-0.05, 0) is 35.7 Å². The van der Waals surface area contributed by atoms with Crippen LogP contribution in [-0.2, 0) is 6.42 Å². The van der Waals surface area contributed by atoms with E-state index in [1.807, 2.05) is 30.3 Å². The number of nitrogen functional groups attached to an aromatic ring is 1. The monoisotopic (exact) mass is 240 g/mol. The van der Waals surface area contributed by atoms with E-state index in [1.165, 1.54) is 0 Å². The molecule has 1 aromatic carbocycles. The zero-order valence-electron chi connectivity index (χ0n) is 9.60. The molecule has 18 heavy (non-hydrogen) atoms. The van der Waals surface area contributed by atoms with Crippen LogP contribution in [0.1, 0.15) is 11.1 Å². The Kier molecular flexibility index (Phi) is 2.37. The molecule has 2 aromatic heterocycles. The molecule has 3 rings (SSSR count). The van der Waals surface area contributed by atoms with Crippen molar-refractivity contribution in [2.45, 2.75) is 6.42 Å². The lowest BCUT2D eigenvalue weighted by Gasteiger charge is -2.03. The summed E-state index contributed by atoms with van der Waals surface area (Å²) in [6.45, 7) is 0. The van der Waals surface area contributed by atoms with Crippen LogP contribution in [0.4, 0.5) is 5.69 Å². The lowest BCUT2D eigenvalue weighted by Crippen LogP contribution is -2.00. The second-order valence-corrected chi connectivity index (χ2v) is 4.19. The topological polar surface area (TPSA) is 87.6 Å². The summed E-state index contributed by atoms with van der Waals surface area (Å²) in [7, 11) is 0. The van der Waals surface area contributed by atoms with Gasteiger partial charge in [-0.15, -0.1) is 0 Å². The molecule has 0 saturated heterocycles. The highest BCUT2D eigenvalue weighted by molar-refractivity contribution is 5.74. The summed E-state index contributed by atoms with van der Waals surface area (Å²) >= 11 is 0. The standard InChI is InChI=1S/C13H12N4O/c14-10-3-1-2-8(7-10)6-9-4-5-15-12-11(9)16-13(18)17-12/h1-5,7H,6,14H2,(H2,15,16,17,18). The Bertz CT molecular complexity index is 757. The van der Waals surface area contributed by atoms with Crippen molar-refractivity contribution >= 4 is 16.9 Å². The average Bonchev–Trinajstić information content (AvgIpc) is 2.71. The molecular weight excluding hydrogens is 228 g/mol. The fourth-order valence-electron chi connectivity index (χ4n) is 2.06. The van der Waals surface area contributed by atoms with Crippen molar-refractivity contribution in [3.05, 3.63) is 58.1 Å². The van der Waals surface area contributed by atoms with Gasteiger partial charge in [0, 0.05) is 11.9 Å². The summed E-state index contributed by atoms with van der Waals surface area (Å²) in [4.78, 5) is 20.8. The molecule has 0 bridgehead atoms. The van der Waals surface area contributed by atoms with Gasteiger partial charge < -0.3 is 10.7 Å². The highest BCUT2D eigenvalue weighted by Crippen LogP contribution is 2.17. The number of hydrogen-bond acceptors (Lipinski definition) is 3. The number of fused-ring (bicyclic) bond motifs is 1. The van der Waals surface area contributed by atoms with Gasteiger partial charge in [-0.3, -0.25) is 4.98 Å². The number of benzene rings is 1. The largest absolute Gasteiger partial charge is 0.399 e. The van der Waals surface area contributed by atoms with Crippen LogP contribution in [0, 0.1) is 0 Å². The van der Waals surface area contributed by atoms with Crippen molar-refractivity contribution < 1.29 is 0 Å². The number of anilines is 1. The Morgan fingerprint density at radius 2 is 2.11 bits per heavy atom. The third-order valence-corrected chi connectivity index (χ3v) is 2.85. The zero-order chi connectivity index (χ0) is 12.5. The van der Waals surface area contributed by atoms with Gasteiger partial charge in [0.2, 0.25) is 0 Å². The third-order valence-electron chi connectivity index (χ3n) is 2.85. The first kappa shape index (κ1) is 10.6. The molecular formula is C13H12N4O. The molecule has 5 heteroatoms. The Morgan fingerprint density at radius 1 is 1.22 bits per heavy atom. The molecule has 0 radical (unpaired) electrons. The summed E-state index contributed by atoms with van der Waals surface area (Å²) in [5.74, 6) is 0. The lowest BCUT2D eigenvalue weighted by atomic mass is 10.0. The molecule has 3 aromatic rings. The van der Waals surface area contributed by atoms with Crippen molar-refractivity contribution in [3.8, 4) is 0 Å². The van der Waals surface area contributed by atoms with Crippen LogP contribution in [0.3, 0.4) is 0 Å². The Labute approximate surface area is 103 Å². The maximum absolute atomic E-state index is 11.3. The SMILES string of the molecule is Nc1cccc(Cc2ccnc3[nH]c(=O)[nH]c23)c1. The number of imidazole rings is 1. The molecule has 0 saturated carbocycles. The van der Waals surface area contributed by atoms with Gasteiger partial charge in [0.1, 0.15) is 0 Å². The Hall–Kier alpha value is -2.56. The minimum absolute atomic E-state index is 0.238. The first-order valence-corrected chi connectivity index (χ1v) is 5.63. The van der Waals surface area contributed by atoms with E-state index < -0.39 is 0 Å². The molecule has 0 fully saturated rings. The first-order valence-electron chi connectivity index (χ1n) is 5.63. The Balaban J connectivity index is 2.07. The molecule has 0 amide bonds. The maximum Gasteiger partial charge on any atom is 0.325 e. The number of aromatic nitrogens is 3. The van der Waals surface area contributed by atoms with Gasteiger partial charge >= 0.3 is 5.69 Å². The smallest absolute Gasteiger partial charge is 0.325 e. The molecule has 0 aliphatic rings. The minimum Gasteiger partial charge on any atom is -0.399 e. The Morgan fingerprint density at radius 3 is 2.94 bits per heavy atom. The zero-order valence-corrected chi connectivity index (χ0v) is 9.60. The van der Waals surface area contributed by atoms with Crippen molar-refractivity contribution in [1.82, 2.24) is 15.0 Å². The maximum atomic E-state index is 11.3. The lowest BCUT2D eigenvalue weighted by molar-refractivity contribution is 1.18. The highest BCUT2D eigenvalue weighted by Gasteiger charge is 2.06. The van der Waals surface area contributed by atoms with Gasteiger partial charge in [0.05, 0.1) is 5.52 Å². The number of nitrogens with zero attached hydrogens (tertiary/aromatic N) is 1. The van der Waals surface area contributed by atoms with Crippen LogP contribution in [0.15, 0.2) is 41.3 Å². The highest BCUT2D eigenvalue weighted by atomic mass is 16.1. The van der Waals surface area contributed by atoms with Gasteiger partial charge in [0.15, 0.2) is 5.65 Å². The van der Waals surface area contributed by atoms with Crippen LogP contribution >= 0.6 is 0 Å². The predicted molar refractivity (Wildman–Crippen MR) is 70.4 cm³/mol. The molecule has 5 nitrogen and oxygen atoms in total. The van der Waals surface area contributed by atoms with Crippen LogP contribution in [-0.4, -0.2) is 15.0 Å². The molecule has 0 spiro atoms. The molecule has 2 heterocycles. The predicted octanol–water partition coefficient (Wildman–Crippen LogP) is 1.42. The van der Waals surface area contributed by atoms with Gasteiger partial charge in [-0.25, -0.2) is 9.78 Å². The van der Waals surface area contributed by atoms with Crippen molar-refractivity contribution in [2.75, 3.05) is 5.73 Å². The van der Waals surface area contributed by atoms with E-state index in [1.54, 1.807) is 6.20 Å². The fraction of sp³-hybridized carbons (Fsp3) is 0.0769. The van der Waals surface area contributed by atoms with E-state index in [-0.39, 0.29) is 5.69 Å². The summed E-state index contributed by atoms with van der Waals surface area (Å²) in [6, 6.07) is 9.60. The number of H-pyrrole nitrogens is 2. The molecule has 4 N–H and O–H groups in total. The number of rotatable bonds is 2. The number of hydrogen-bond donors (Lipinski definition) is 3. The van der Waals surface area contributed by atoms with Crippen molar-refractivity contribution in [2.24, 2.45) is 0 Å². The van der Waals surface area contributed by atoms with E-state index in [0.717, 1.165) is 22.3 Å². The van der Waals surface area contributed by atoms with Crippen LogP contribution < -0.4 is 11.4 Å². The van der Waals surface area contributed by atoms with E-state index in [0.29, 0.717) is 12.1 Å². The van der Waals surface area contributed by atoms with Crippen LogP contribution in [0.5, 0.6) is 0 Å². The van der Waals surface area contributed by atoms with E-state index in [9.17, 15) is 4.79 Å². The van der Waals surface area contributed by atoms with Gasteiger partial charge in [-0.2, -0.15) is 0 Å². The third kappa shape index (κ3) is 1.86. The molecule has 90 valence electrons. The van der Waals surface area contributed by atoms with E-state index in [4.69, 9.17) is 5.73 Å². The second kappa shape index (κ2) is 4.03. The van der Waals surface area contributed by atoms with Crippen molar-refractivity contribution in [3.63, 3.8) is 0 Å². The molecule has 0 aliphatic heterocycles. The summed E-state index contributed by atoms with van der Waals surface area (Å²) in [5.41, 5.74) is 9.71. The van der Waals surface area contributed by atoms with Crippen LogP contribution in [0.25, 0.3) is 11.2 Å². The average molecular weight is 240 g/mol. The van der Waals surface area contributed by atoms with Crippen molar-refractivity contribution in [1.29, 1.82) is 0 Å². The van der Waals surface area contributed by atoms with Gasteiger partial charge in [0.25, 0.3) is 0 Å². The number of nitrogens with one attached hydrogen (secondary N) is 2. The number of nitrogens with two attached hydrogens (primary N) is 1. The number of aromatic amines is 2. The van der Waals surface area contributed by atoms with Gasteiger partial charge in [-0.1, -0.05) is 12.1 Å². The minimum atomic E-state index is -0.238. The first-order chi connectivity index (χ1) is 8.72. The normalized spacial score (nSPS) is 10.9. The second-order valence-electron chi connectivity index (χ2n) is 4.19. The molecule has 0 aliphatic carbocycles. The quantitative estimate of drug-likeness (QED) is 0.592. The fourth-order valence-corrected chi connectivity index (χ4v) is 2.06.